The fourth-order valence-corrected chi connectivity index (χ4v) is 5.80. The van der Waals surface area contributed by atoms with Gasteiger partial charge in [0.1, 0.15) is 0 Å². The molecule has 0 bridgehead atoms. The summed E-state index contributed by atoms with van der Waals surface area (Å²) in [5.41, 5.74) is 12.1. The molecular weight excluding hydrogens is 482 g/mol. The summed E-state index contributed by atoms with van der Waals surface area (Å²) in [5.74, 6) is 0.878. The van der Waals surface area contributed by atoms with Crippen molar-refractivity contribution in [3.8, 4) is 11.1 Å². The van der Waals surface area contributed by atoms with Crippen LogP contribution in [0.15, 0.2) is 90.3 Å². The van der Waals surface area contributed by atoms with Crippen LogP contribution in [0.2, 0.25) is 0 Å². The van der Waals surface area contributed by atoms with E-state index in [1.54, 1.807) is 11.8 Å². The van der Waals surface area contributed by atoms with E-state index in [1.165, 1.54) is 0 Å². The second kappa shape index (κ2) is 11.6. The zero-order valence-electron chi connectivity index (χ0n) is 21.2. The zero-order valence-corrected chi connectivity index (χ0v) is 22.0. The molecule has 4 aromatic rings. The van der Waals surface area contributed by atoms with Crippen molar-refractivity contribution in [1.29, 1.82) is 0 Å². The van der Waals surface area contributed by atoms with Gasteiger partial charge in [-0.2, -0.15) is 0 Å². The number of imidazole rings is 1. The first kappa shape index (κ1) is 25.7. The summed E-state index contributed by atoms with van der Waals surface area (Å²) in [5, 5.41) is 10.5. The highest BCUT2D eigenvalue weighted by atomic mass is 32.2. The minimum atomic E-state index is -0.511. The van der Waals surface area contributed by atoms with E-state index in [0.717, 1.165) is 44.3 Å². The predicted molar refractivity (Wildman–Crippen MR) is 147 cm³/mol. The molecule has 5 rings (SSSR count). The van der Waals surface area contributed by atoms with Gasteiger partial charge in [0.05, 0.1) is 18.8 Å². The molecular formula is C30H33N3O3S. The lowest BCUT2D eigenvalue weighted by Gasteiger charge is -2.41. The number of aryl methyl sites for hydroxylation is 1. The molecule has 1 aliphatic rings. The first-order valence-corrected chi connectivity index (χ1v) is 13.5. The molecule has 2 heterocycles. The second-order valence-electron chi connectivity index (χ2n) is 9.48. The van der Waals surface area contributed by atoms with Crippen molar-refractivity contribution in [3.05, 3.63) is 107 Å². The SMILES string of the molecule is CC1C(CSc2nccn2C)OC(c2cccc(-c3cccc(CN)c3)c2)OC1c1ccc(CO)cc1. The Balaban J connectivity index is 1.44. The third-order valence-electron chi connectivity index (χ3n) is 6.93. The fourth-order valence-electron chi connectivity index (χ4n) is 4.70. The Hall–Kier alpha value is -2.94. The lowest BCUT2D eigenvalue weighted by atomic mass is 9.91. The average Bonchev–Trinajstić information content (AvgIpc) is 3.37. The van der Waals surface area contributed by atoms with Crippen LogP contribution in [-0.4, -0.2) is 26.5 Å². The largest absolute Gasteiger partial charge is 0.392 e. The maximum absolute atomic E-state index is 9.49. The van der Waals surface area contributed by atoms with E-state index in [9.17, 15) is 5.11 Å². The quantitative estimate of drug-likeness (QED) is 0.296. The van der Waals surface area contributed by atoms with Crippen LogP contribution in [-0.2, 0) is 29.7 Å². The average molecular weight is 516 g/mol. The van der Waals surface area contributed by atoms with Gasteiger partial charge in [-0.3, -0.25) is 0 Å². The number of benzene rings is 3. The van der Waals surface area contributed by atoms with Gasteiger partial charge in [-0.15, -0.1) is 0 Å². The number of aliphatic hydroxyl groups excluding tert-OH is 1. The van der Waals surface area contributed by atoms with Crippen molar-refractivity contribution >= 4 is 11.8 Å². The molecule has 0 saturated carbocycles. The summed E-state index contributed by atoms with van der Waals surface area (Å²) < 4.78 is 15.3. The molecule has 0 radical (unpaired) electrons. The molecule has 192 valence electrons. The monoisotopic (exact) mass is 515 g/mol. The van der Waals surface area contributed by atoms with Crippen molar-refractivity contribution in [2.75, 3.05) is 5.75 Å². The van der Waals surface area contributed by atoms with Gasteiger partial charge >= 0.3 is 0 Å². The summed E-state index contributed by atoms with van der Waals surface area (Å²) in [6, 6.07) is 24.7. The zero-order chi connectivity index (χ0) is 25.8. The third kappa shape index (κ3) is 5.81. The van der Waals surface area contributed by atoms with Crippen LogP contribution >= 0.6 is 11.8 Å². The predicted octanol–water partition coefficient (Wildman–Crippen LogP) is 5.62. The minimum absolute atomic E-state index is 0.0220. The molecule has 37 heavy (non-hydrogen) atoms. The van der Waals surface area contributed by atoms with Gasteiger partial charge in [0.2, 0.25) is 0 Å². The molecule has 1 saturated heterocycles. The Bertz CT molecular complexity index is 1320. The van der Waals surface area contributed by atoms with Crippen molar-refractivity contribution in [2.45, 2.75) is 43.7 Å². The van der Waals surface area contributed by atoms with Crippen molar-refractivity contribution in [3.63, 3.8) is 0 Å². The molecule has 1 aliphatic heterocycles. The molecule has 1 fully saturated rings. The summed E-state index contributed by atoms with van der Waals surface area (Å²) in [6.45, 7) is 2.71. The lowest BCUT2D eigenvalue weighted by Crippen LogP contribution is -2.38. The smallest absolute Gasteiger partial charge is 0.184 e. The lowest BCUT2D eigenvalue weighted by molar-refractivity contribution is -0.268. The summed E-state index contributed by atoms with van der Waals surface area (Å²) in [6.07, 6.45) is 3.06. The second-order valence-corrected chi connectivity index (χ2v) is 10.5. The maximum Gasteiger partial charge on any atom is 0.184 e. The molecule has 3 aromatic carbocycles. The van der Waals surface area contributed by atoms with Gasteiger partial charge in [0, 0.05) is 43.2 Å². The number of aromatic nitrogens is 2. The minimum Gasteiger partial charge on any atom is -0.392 e. The normalized spacial score (nSPS) is 21.7. The van der Waals surface area contributed by atoms with E-state index < -0.39 is 6.29 Å². The van der Waals surface area contributed by atoms with Crippen LogP contribution in [0.4, 0.5) is 0 Å². The van der Waals surface area contributed by atoms with Crippen LogP contribution in [0.1, 0.15) is 41.6 Å². The summed E-state index contributed by atoms with van der Waals surface area (Å²) in [7, 11) is 2.00. The van der Waals surface area contributed by atoms with Gasteiger partial charge in [0.15, 0.2) is 11.4 Å². The van der Waals surface area contributed by atoms with Crippen molar-refractivity contribution < 1.29 is 14.6 Å². The molecule has 1 aromatic heterocycles. The van der Waals surface area contributed by atoms with Crippen LogP contribution in [0, 0.1) is 5.92 Å². The van der Waals surface area contributed by atoms with Gasteiger partial charge in [-0.05, 0) is 39.9 Å². The van der Waals surface area contributed by atoms with E-state index in [1.807, 2.05) is 66.5 Å². The summed E-state index contributed by atoms with van der Waals surface area (Å²) in [4.78, 5) is 4.46. The van der Waals surface area contributed by atoms with Crippen LogP contribution in [0.25, 0.3) is 11.1 Å². The first-order chi connectivity index (χ1) is 18.1. The fraction of sp³-hybridized carbons (Fsp3) is 0.300. The van der Waals surface area contributed by atoms with E-state index >= 15 is 0 Å². The van der Waals surface area contributed by atoms with Gasteiger partial charge in [-0.1, -0.05) is 79.3 Å². The van der Waals surface area contributed by atoms with Crippen molar-refractivity contribution in [2.24, 2.45) is 18.7 Å². The van der Waals surface area contributed by atoms with E-state index in [0.29, 0.717) is 6.54 Å². The van der Waals surface area contributed by atoms with Crippen LogP contribution in [0.5, 0.6) is 0 Å². The number of nitrogens with zero attached hydrogens (tertiary/aromatic N) is 2. The highest BCUT2D eigenvalue weighted by Crippen LogP contribution is 2.43. The molecule has 0 aliphatic carbocycles. The topological polar surface area (TPSA) is 82.5 Å². The van der Waals surface area contributed by atoms with E-state index in [-0.39, 0.29) is 24.7 Å². The maximum atomic E-state index is 9.49. The van der Waals surface area contributed by atoms with Crippen LogP contribution < -0.4 is 5.73 Å². The Morgan fingerprint density at radius 1 is 0.946 bits per heavy atom. The number of aliphatic hydroxyl groups is 1. The Kier molecular flexibility index (Phi) is 8.08. The van der Waals surface area contributed by atoms with Crippen molar-refractivity contribution in [1.82, 2.24) is 9.55 Å². The molecule has 3 N–H and O–H groups in total. The molecule has 4 unspecified atom stereocenters. The number of hydrogen-bond donors (Lipinski definition) is 2. The Labute approximate surface area is 222 Å². The van der Waals surface area contributed by atoms with Gasteiger partial charge in [0.25, 0.3) is 0 Å². The van der Waals surface area contributed by atoms with Crippen LogP contribution in [0.3, 0.4) is 0 Å². The molecule has 0 spiro atoms. The first-order valence-electron chi connectivity index (χ1n) is 12.6. The molecule has 4 atom stereocenters. The third-order valence-corrected chi connectivity index (χ3v) is 8.08. The summed E-state index contributed by atoms with van der Waals surface area (Å²) >= 11 is 1.70. The Morgan fingerprint density at radius 2 is 1.70 bits per heavy atom. The van der Waals surface area contributed by atoms with E-state index in [4.69, 9.17) is 15.2 Å². The molecule has 0 amide bonds. The van der Waals surface area contributed by atoms with E-state index in [2.05, 4.69) is 42.2 Å². The number of ether oxygens (including phenoxy) is 2. The Morgan fingerprint density at radius 3 is 2.41 bits per heavy atom. The van der Waals surface area contributed by atoms with Gasteiger partial charge in [-0.25, -0.2) is 4.98 Å². The molecule has 6 nitrogen and oxygen atoms in total. The number of thioether (sulfide) groups is 1. The number of hydrogen-bond acceptors (Lipinski definition) is 6. The molecule has 7 heteroatoms. The standard InChI is InChI=1S/C30H33N3O3S/c1-20-27(19-37-30-32-13-14-33(30)2)35-29(36-28(20)23-11-9-21(18-34)10-12-23)26-8-4-7-25(16-26)24-6-3-5-22(15-24)17-31/h3-16,20,27-29,34H,17-19,31H2,1-2H3. The van der Waals surface area contributed by atoms with Gasteiger partial charge < -0.3 is 24.9 Å². The number of rotatable bonds is 8. The highest BCUT2D eigenvalue weighted by molar-refractivity contribution is 7.99. The number of nitrogens with two attached hydrogens (primary N) is 1. The highest BCUT2D eigenvalue weighted by Gasteiger charge is 2.38.